The average Bonchev–Trinajstić information content (AvgIpc) is 2.28. The lowest BCUT2D eigenvalue weighted by molar-refractivity contribution is -0.137. The zero-order valence-electron chi connectivity index (χ0n) is 5.49. The largest absolute Gasteiger partial charge is 0.416 e. The zero-order chi connectivity index (χ0) is 8.43. The third kappa shape index (κ3) is 1.26. The molecule has 0 saturated carbocycles. The summed E-state index contributed by atoms with van der Waals surface area (Å²) in [5.41, 5.74) is 0. The van der Waals surface area contributed by atoms with Crippen LogP contribution in [0.4, 0.5) is 4.79 Å². The fourth-order valence-electron chi connectivity index (χ4n) is 0.662. The number of hydrogen-bond donors (Lipinski definition) is 1. The van der Waals surface area contributed by atoms with Gasteiger partial charge in [0, 0.05) is 0 Å². The maximum absolute atomic E-state index is 10.7. The van der Waals surface area contributed by atoms with E-state index in [-0.39, 0.29) is 0 Å². The van der Waals surface area contributed by atoms with Crippen LogP contribution in [-0.4, -0.2) is 23.9 Å². The van der Waals surface area contributed by atoms with Gasteiger partial charge in [0.2, 0.25) is 0 Å². The lowest BCUT2D eigenvalue weighted by Gasteiger charge is -1.96. The Hall–Kier alpha value is -1.65. The summed E-state index contributed by atoms with van der Waals surface area (Å²) in [6, 6.07) is -1.19. The van der Waals surface area contributed by atoms with Crippen molar-refractivity contribution in [2.24, 2.45) is 0 Å². The zero-order valence-corrected chi connectivity index (χ0v) is 5.49. The highest BCUT2D eigenvalue weighted by molar-refractivity contribution is 6.14. The van der Waals surface area contributed by atoms with Crippen LogP contribution >= 0.6 is 0 Å². The van der Waals surface area contributed by atoms with Crippen LogP contribution < -0.4 is 5.32 Å². The molecule has 0 aromatic rings. The van der Waals surface area contributed by atoms with Gasteiger partial charge in [0.25, 0.3) is 0 Å². The predicted octanol–water partition coefficient (Wildman–Crippen LogP) is -0.624. The molecule has 1 atom stereocenters. The molecule has 1 saturated heterocycles. The van der Waals surface area contributed by atoms with E-state index in [1.165, 1.54) is 0 Å². The molecule has 0 aromatic heterocycles. The van der Waals surface area contributed by atoms with Crippen LogP contribution in [0.2, 0.25) is 0 Å². The van der Waals surface area contributed by atoms with Crippen LogP contribution in [0, 0.1) is 0 Å². The molecule has 1 fully saturated rings. The Bertz CT molecular complexity index is 245. The van der Waals surface area contributed by atoms with Crippen molar-refractivity contribution in [1.29, 1.82) is 0 Å². The molecule has 0 bridgehead atoms. The van der Waals surface area contributed by atoms with Crippen LogP contribution in [0.5, 0.6) is 0 Å². The number of hydrogen-bond acceptors (Lipinski definition) is 4. The van der Waals surface area contributed by atoms with E-state index in [1.54, 1.807) is 0 Å². The van der Waals surface area contributed by atoms with Crippen LogP contribution in [-0.2, 0) is 14.3 Å². The number of alkyl carbamates (subject to hydrolysis) is 1. The molecule has 0 spiro atoms. The quantitative estimate of drug-likeness (QED) is 0.327. The van der Waals surface area contributed by atoms with Crippen molar-refractivity contribution >= 4 is 17.8 Å². The molecule has 1 rings (SSSR count). The highest BCUT2D eigenvalue weighted by Gasteiger charge is 2.36. The molecule has 1 N–H and O–H groups in total. The number of rotatable bonds is 2. The Morgan fingerprint density at radius 2 is 2.27 bits per heavy atom. The normalized spacial score (nSPS) is 22.4. The molecule has 1 aliphatic rings. The second kappa shape index (κ2) is 2.53. The van der Waals surface area contributed by atoms with Crippen LogP contribution in [0.15, 0.2) is 12.7 Å². The van der Waals surface area contributed by atoms with Gasteiger partial charge in [-0.15, -0.1) is 0 Å². The maximum Gasteiger partial charge on any atom is 0.416 e. The second-order valence-electron chi connectivity index (χ2n) is 1.89. The Labute approximate surface area is 62.0 Å². The first kappa shape index (κ1) is 7.46. The molecular formula is C6H5NO4. The SMILES string of the molecule is C=CC(=O)C1NC(=O)OC1=O. The predicted molar refractivity (Wildman–Crippen MR) is 33.6 cm³/mol. The summed E-state index contributed by atoms with van der Waals surface area (Å²) in [7, 11) is 0. The van der Waals surface area contributed by atoms with E-state index in [2.05, 4.69) is 11.3 Å². The topological polar surface area (TPSA) is 72.5 Å². The Balaban J connectivity index is 2.75. The van der Waals surface area contributed by atoms with Crippen molar-refractivity contribution in [2.45, 2.75) is 6.04 Å². The number of cyclic esters (lactones) is 2. The first-order valence-corrected chi connectivity index (χ1v) is 2.83. The molecule has 0 aliphatic carbocycles. The van der Waals surface area contributed by atoms with E-state index < -0.39 is 23.9 Å². The summed E-state index contributed by atoms with van der Waals surface area (Å²) in [6.45, 7) is 3.16. The van der Waals surface area contributed by atoms with Crippen molar-refractivity contribution in [3.63, 3.8) is 0 Å². The van der Waals surface area contributed by atoms with Crippen LogP contribution in [0.1, 0.15) is 0 Å². The Morgan fingerprint density at radius 3 is 2.64 bits per heavy atom. The first-order chi connectivity index (χ1) is 5.15. The minimum Gasteiger partial charge on any atom is -0.374 e. The van der Waals surface area contributed by atoms with E-state index in [9.17, 15) is 14.4 Å². The molecule has 1 aliphatic heterocycles. The lowest BCUT2D eigenvalue weighted by atomic mass is 10.2. The van der Waals surface area contributed by atoms with E-state index in [4.69, 9.17) is 0 Å². The lowest BCUT2D eigenvalue weighted by Crippen LogP contribution is -2.35. The van der Waals surface area contributed by atoms with Gasteiger partial charge < -0.3 is 10.1 Å². The number of carbonyl (C=O) groups excluding carboxylic acids is 3. The fraction of sp³-hybridized carbons (Fsp3) is 0.167. The van der Waals surface area contributed by atoms with Gasteiger partial charge >= 0.3 is 12.1 Å². The number of carbonyl (C=O) groups is 3. The van der Waals surface area contributed by atoms with Crippen molar-refractivity contribution in [2.75, 3.05) is 0 Å². The average molecular weight is 155 g/mol. The molecule has 5 nitrogen and oxygen atoms in total. The molecular weight excluding hydrogens is 150 g/mol. The highest BCUT2D eigenvalue weighted by atomic mass is 16.6. The number of esters is 1. The summed E-state index contributed by atoms with van der Waals surface area (Å²) in [5.74, 6) is -1.44. The van der Waals surface area contributed by atoms with Gasteiger partial charge in [-0.1, -0.05) is 6.58 Å². The van der Waals surface area contributed by atoms with Crippen molar-refractivity contribution in [3.8, 4) is 0 Å². The number of amides is 1. The number of nitrogens with one attached hydrogen (secondary N) is 1. The number of ether oxygens (including phenoxy) is 1. The minimum atomic E-state index is -1.19. The summed E-state index contributed by atoms with van der Waals surface area (Å²) in [5, 5.41) is 2.02. The van der Waals surface area contributed by atoms with Gasteiger partial charge in [-0.3, -0.25) is 4.79 Å². The fourth-order valence-corrected chi connectivity index (χ4v) is 0.662. The van der Waals surface area contributed by atoms with E-state index in [0.717, 1.165) is 6.08 Å². The molecule has 1 heterocycles. The van der Waals surface area contributed by atoms with Crippen LogP contribution in [0.25, 0.3) is 0 Å². The third-order valence-electron chi connectivity index (χ3n) is 1.18. The van der Waals surface area contributed by atoms with Gasteiger partial charge in [-0.25, -0.2) is 9.59 Å². The maximum atomic E-state index is 10.7. The van der Waals surface area contributed by atoms with Gasteiger partial charge in [0.15, 0.2) is 11.8 Å². The monoisotopic (exact) mass is 155 g/mol. The third-order valence-corrected chi connectivity index (χ3v) is 1.18. The van der Waals surface area contributed by atoms with Crippen molar-refractivity contribution < 1.29 is 19.1 Å². The molecule has 0 radical (unpaired) electrons. The van der Waals surface area contributed by atoms with Crippen molar-refractivity contribution in [3.05, 3.63) is 12.7 Å². The van der Waals surface area contributed by atoms with Gasteiger partial charge in [0.05, 0.1) is 0 Å². The number of ketones is 1. The van der Waals surface area contributed by atoms with Gasteiger partial charge in [-0.2, -0.15) is 0 Å². The summed E-state index contributed by atoms with van der Waals surface area (Å²) < 4.78 is 4.04. The molecule has 11 heavy (non-hydrogen) atoms. The molecule has 1 amide bonds. The van der Waals surface area contributed by atoms with Gasteiger partial charge in [0.1, 0.15) is 0 Å². The van der Waals surface area contributed by atoms with Gasteiger partial charge in [-0.05, 0) is 6.08 Å². The van der Waals surface area contributed by atoms with Crippen LogP contribution in [0.3, 0.4) is 0 Å². The highest BCUT2D eigenvalue weighted by Crippen LogP contribution is 2.01. The smallest absolute Gasteiger partial charge is 0.374 e. The Morgan fingerprint density at radius 1 is 1.64 bits per heavy atom. The summed E-state index contributed by atoms with van der Waals surface area (Å²) in [6.07, 6.45) is 0.0625. The van der Waals surface area contributed by atoms with E-state index >= 15 is 0 Å². The Kier molecular flexibility index (Phi) is 1.72. The minimum absolute atomic E-state index is 0.569. The standard InChI is InChI=1S/C6H5NO4/c1-2-3(8)4-5(9)11-6(10)7-4/h2,4H,1H2,(H,7,10). The molecule has 58 valence electrons. The van der Waals surface area contributed by atoms with E-state index in [0.29, 0.717) is 0 Å². The molecule has 1 unspecified atom stereocenters. The second-order valence-corrected chi connectivity index (χ2v) is 1.89. The summed E-state index contributed by atoms with van der Waals surface area (Å²) >= 11 is 0. The molecule has 5 heteroatoms. The van der Waals surface area contributed by atoms with Crippen molar-refractivity contribution in [1.82, 2.24) is 5.32 Å². The molecule has 0 aromatic carbocycles. The van der Waals surface area contributed by atoms with E-state index in [1.807, 2.05) is 5.32 Å². The summed E-state index contributed by atoms with van der Waals surface area (Å²) in [4.78, 5) is 31.7. The first-order valence-electron chi connectivity index (χ1n) is 2.83.